The van der Waals surface area contributed by atoms with Gasteiger partial charge < -0.3 is 19.1 Å². The van der Waals surface area contributed by atoms with E-state index in [1.165, 1.54) is 12.1 Å². The number of ether oxygens (including phenoxy) is 2. The van der Waals surface area contributed by atoms with E-state index >= 15 is 0 Å². The number of anilines is 1. The van der Waals surface area contributed by atoms with Crippen LogP contribution in [-0.4, -0.2) is 35.4 Å². The highest BCUT2D eigenvalue weighted by molar-refractivity contribution is 9.10. The molecule has 0 aliphatic rings. The van der Waals surface area contributed by atoms with Crippen LogP contribution < -0.4 is 10.1 Å². The lowest BCUT2D eigenvalue weighted by Crippen LogP contribution is -2.22. The molecule has 3 aromatic rings. The van der Waals surface area contributed by atoms with Crippen molar-refractivity contribution in [2.45, 2.75) is 32.4 Å². The average Bonchev–Trinajstić information content (AvgIpc) is 2.97. The molecule has 0 atom stereocenters. The minimum atomic E-state index is -1.34. The van der Waals surface area contributed by atoms with E-state index < -0.39 is 20.0 Å². The Morgan fingerprint density at radius 2 is 2.10 bits per heavy atom. The van der Waals surface area contributed by atoms with Crippen LogP contribution in [0.15, 0.2) is 41.1 Å². The van der Waals surface area contributed by atoms with E-state index in [9.17, 15) is 9.18 Å². The Morgan fingerprint density at radius 1 is 1.33 bits per heavy atom. The van der Waals surface area contributed by atoms with Gasteiger partial charge in [0.15, 0.2) is 5.82 Å². The summed E-state index contributed by atoms with van der Waals surface area (Å²) in [6.07, 6.45) is 2.15. The number of rotatable bonds is 8. The second-order valence-electron chi connectivity index (χ2n) is 7.98. The molecular formula is C20H23BrFN3O4Si. The van der Waals surface area contributed by atoms with Crippen LogP contribution in [0.4, 0.5) is 14.9 Å². The molecule has 0 radical (unpaired) electrons. The fourth-order valence-electron chi connectivity index (χ4n) is 2.77. The largest absolute Gasteiger partial charge is 0.465 e. The van der Waals surface area contributed by atoms with E-state index in [0.29, 0.717) is 24.7 Å². The van der Waals surface area contributed by atoms with Gasteiger partial charge in [-0.15, -0.1) is 0 Å². The summed E-state index contributed by atoms with van der Waals surface area (Å²) in [4.78, 5) is 15.1. The first kappa shape index (κ1) is 22.3. The highest BCUT2D eigenvalue weighted by Gasteiger charge is 2.16. The molecule has 1 amide bonds. The highest BCUT2D eigenvalue weighted by Crippen LogP contribution is 2.36. The smallest absolute Gasteiger partial charge is 0.409 e. The first-order valence-corrected chi connectivity index (χ1v) is 13.8. The van der Waals surface area contributed by atoms with Crippen LogP contribution >= 0.6 is 15.9 Å². The van der Waals surface area contributed by atoms with E-state index in [-0.39, 0.29) is 11.4 Å². The number of carbonyl (C=O) groups is 1. The number of nitrogens with zero attached hydrogens (tertiary/aromatic N) is 2. The number of nitrogens with one attached hydrogen (secondary N) is 1. The predicted octanol–water partition coefficient (Wildman–Crippen LogP) is 6.13. The van der Waals surface area contributed by atoms with Gasteiger partial charge in [0.25, 0.3) is 0 Å². The van der Waals surface area contributed by atoms with Gasteiger partial charge in [-0.3, -0.25) is 5.32 Å². The van der Waals surface area contributed by atoms with Gasteiger partial charge in [-0.25, -0.2) is 14.2 Å². The lowest BCUT2D eigenvalue weighted by molar-refractivity contribution is 0.0898. The van der Waals surface area contributed by atoms with Gasteiger partial charge in [0.2, 0.25) is 0 Å². The van der Waals surface area contributed by atoms with Crippen molar-refractivity contribution < 1.29 is 23.8 Å². The number of benzene rings is 1. The molecule has 0 aliphatic heterocycles. The van der Waals surface area contributed by atoms with Crippen molar-refractivity contribution in [1.29, 1.82) is 0 Å². The maximum atomic E-state index is 14.1. The lowest BCUT2D eigenvalue weighted by Gasteiger charge is -2.15. The van der Waals surface area contributed by atoms with Gasteiger partial charge in [0.1, 0.15) is 23.9 Å². The maximum Gasteiger partial charge on any atom is 0.409 e. The number of fused-ring (bicyclic) bond motifs is 1. The first-order valence-electron chi connectivity index (χ1n) is 9.32. The van der Waals surface area contributed by atoms with Gasteiger partial charge >= 0.3 is 6.09 Å². The number of halogens is 2. The number of hydrogen-bond acceptors (Lipinski definition) is 4. The summed E-state index contributed by atoms with van der Waals surface area (Å²) in [7, 11) is -1.16. The van der Waals surface area contributed by atoms with E-state index in [4.69, 9.17) is 14.6 Å². The maximum absolute atomic E-state index is 14.1. The number of hydrogen-bond donors (Lipinski definition) is 2. The molecule has 30 heavy (non-hydrogen) atoms. The molecule has 10 heteroatoms. The van der Waals surface area contributed by atoms with E-state index in [2.05, 4.69) is 40.6 Å². The monoisotopic (exact) mass is 495 g/mol. The van der Waals surface area contributed by atoms with Crippen molar-refractivity contribution >= 4 is 46.8 Å². The van der Waals surface area contributed by atoms with Crippen LogP contribution in [-0.2, 0) is 11.5 Å². The van der Waals surface area contributed by atoms with Crippen molar-refractivity contribution in [3.63, 3.8) is 0 Å². The van der Waals surface area contributed by atoms with Crippen LogP contribution in [0.25, 0.3) is 11.0 Å². The van der Waals surface area contributed by atoms with Crippen molar-refractivity contribution in [2.24, 2.45) is 0 Å². The molecule has 0 saturated carbocycles. The average molecular weight is 496 g/mol. The SMILES string of the molecule is C[Si](C)(C)CCOCn1cc(Br)c2c(Oc3ccc(NC(=O)O)c(F)c3)ccnc21. The van der Waals surface area contributed by atoms with E-state index in [0.717, 1.165) is 22.0 Å². The number of aromatic nitrogens is 2. The second kappa shape index (κ2) is 9.15. The molecule has 160 valence electrons. The molecular weight excluding hydrogens is 473 g/mol. The zero-order valence-electron chi connectivity index (χ0n) is 16.9. The third-order valence-electron chi connectivity index (χ3n) is 4.31. The zero-order valence-corrected chi connectivity index (χ0v) is 19.5. The van der Waals surface area contributed by atoms with Gasteiger partial charge in [-0.1, -0.05) is 19.6 Å². The first-order chi connectivity index (χ1) is 14.1. The molecule has 0 unspecified atom stereocenters. The third kappa shape index (κ3) is 5.58. The highest BCUT2D eigenvalue weighted by atomic mass is 79.9. The molecule has 2 N–H and O–H groups in total. The summed E-state index contributed by atoms with van der Waals surface area (Å²) in [6, 6.07) is 6.69. The van der Waals surface area contributed by atoms with Gasteiger partial charge in [0, 0.05) is 37.6 Å². The Morgan fingerprint density at radius 3 is 2.77 bits per heavy atom. The number of carboxylic acid groups (broad SMARTS) is 1. The Bertz CT molecular complexity index is 1070. The molecule has 2 aromatic heterocycles. The van der Waals surface area contributed by atoms with Crippen molar-refractivity contribution in [3.8, 4) is 11.5 Å². The summed E-state index contributed by atoms with van der Waals surface area (Å²) in [5.41, 5.74) is 0.537. The van der Waals surface area contributed by atoms with E-state index in [1.54, 1.807) is 12.3 Å². The normalized spacial score (nSPS) is 11.6. The minimum Gasteiger partial charge on any atom is -0.465 e. The summed E-state index contributed by atoms with van der Waals surface area (Å²) in [5, 5.41) is 11.5. The standard InChI is InChI=1S/C20H23BrFN3O4Si/c1-30(2,3)9-8-28-12-25-11-14(21)18-17(6-7-23-19(18)25)29-13-4-5-16(15(22)10-13)24-20(26)27/h4-7,10-11,24H,8-9,12H2,1-3H3,(H,26,27). The fraction of sp³-hybridized carbons (Fsp3) is 0.300. The van der Waals surface area contributed by atoms with Crippen molar-refractivity contribution in [1.82, 2.24) is 9.55 Å². The molecule has 7 nitrogen and oxygen atoms in total. The third-order valence-corrected chi connectivity index (χ3v) is 6.61. The van der Waals surface area contributed by atoms with Crippen LogP contribution in [0.1, 0.15) is 0 Å². The van der Waals surface area contributed by atoms with Crippen LogP contribution in [0.3, 0.4) is 0 Å². The Labute approximate surface area is 183 Å². The number of pyridine rings is 1. The van der Waals surface area contributed by atoms with Crippen molar-refractivity contribution in [3.05, 3.63) is 46.9 Å². The Kier molecular flexibility index (Phi) is 6.79. The minimum absolute atomic E-state index is 0.141. The summed E-state index contributed by atoms with van der Waals surface area (Å²) in [6.45, 7) is 7.97. The molecule has 0 aliphatic carbocycles. The second-order valence-corrected chi connectivity index (χ2v) is 14.5. The summed E-state index contributed by atoms with van der Waals surface area (Å²) < 4.78 is 28.5. The fourth-order valence-corrected chi connectivity index (χ4v) is 4.14. The topological polar surface area (TPSA) is 85.6 Å². The van der Waals surface area contributed by atoms with Crippen LogP contribution in [0, 0.1) is 5.82 Å². The van der Waals surface area contributed by atoms with Crippen molar-refractivity contribution in [2.75, 3.05) is 11.9 Å². The molecule has 2 heterocycles. The molecule has 0 spiro atoms. The quantitative estimate of drug-likeness (QED) is 0.289. The van der Waals surface area contributed by atoms with Gasteiger partial charge in [-0.2, -0.15) is 0 Å². The molecule has 3 rings (SSSR count). The number of amides is 1. The molecule has 1 aromatic carbocycles. The lowest BCUT2D eigenvalue weighted by atomic mass is 10.2. The summed E-state index contributed by atoms with van der Waals surface area (Å²) in [5.74, 6) is 0.000627. The Hall–Kier alpha value is -2.43. The van der Waals surface area contributed by atoms with Crippen LogP contribution in [0.5, 0.6) is 11.5 Å². The van der Waals surface area contributed by atoms with Crippen LogP contribution in [0.2, 0.25) is 25.7 Å². The zero-order chi connectivity index (χ0) is 21.9. The molecule has 0 fully saturated rings. The molecule has 0 saturated heterocycles. The summed E-state index contributed by atoms with van der Waals surface area (Å²) >= 11 is 3.54. The molecule has 0 bridgehead atoms. The van der Waals surface area contributed by atoms with E-state index in [1.807, 2.05) is 16.1 Å². The van der Waals surface area contributed by atoms with Gasteiger partial charge in [-0.05, 0) is 40.2 Å². The predicted molar refractivity (Wildman–Crippen MR) is 120 cm³/mol. The van der Waals surface area contributed by atoms with Gasteiger partial charge in [0.05, 0.1) is 11.1 Å². The Balaban J connectivity index is 1.80.